The molecule has 3 nitrogen and oxygen atoms in total. The minimum absolute atomic E-state index is 0.0706. The van der Waals surface area contributed by atoms with E-state index in [-0.39, 0.29) is 11.9 Å². The summed E-state index contributed by atoms with van der Waals surface area (Å²) in [6, 6.07) is 5.40. The Morgan fingerprint density at radius 3 is 2.64 bits per heavy atom. The van der Waals surface area contributed by atoms with Crippen LogP contribution in [0.15, 0.2) is 18.2 Å². The van der Waals surface area contributed by atoms with Crippen LogP contribution >= 0.6 is 0 Å². The summed E-state index contributed by atoms with van der Waals surface area (Å²) < 4.78 is 5.40. The first-order valence-electron chi connectivity index (χ1n) is 4.82. The molecule has 0 saturated carbocycles. The summed E-state index contributed by atoms with van der Waals surface area (Å²) in [6.07, 6.45) is 0.844. The quantitative estimate of drug-likeness (QED) is 0.768. The van der Waals surface area contributed by atoms with E-state index in [0.717, 1.165) is 12.0 Å². The van der Waals surface area contributed by atoms with E-state index in [4.69, 9.17) is 10.5 Å². The maximum absolute atomic E-state index is 9.60. The Balaban J connectivity index is 2.79. The van der Waals surface area contributed by atoms with Crippen LogP contribution in [0.4, 0.5) is 0 Å². The molecule has 0 aliphatic heterocycles. The van der Waals surface area contributed by atoms with Crippen LogP contribution in [0.25, 0.3) is 0 Å². The number of phenols is 1. The smallest absolute Gasteiger partial charge is 0.161 e. The molecular weight excluding hydrogens is 178 g/mol. The minimum Gasteiger partial charge on any atom is -0.504 e. The van der Waals surface area contributed by atoms with Gasteiger partial charge in [-0.2, -0.15) is 0 Å². The first-order chi connectivity index (χ1) is 6.63. The van der Waals surface area contributed by atoms with E-state index in [9.17, 15) is 5.11 Å². The molecule has 0 aliphatic carbocycles. The highest BCUT2D eigenvalue weighted by atomic mass is 16.5. The monoisotopic (exact) mass is 195 g/mol. The summed E-state index contributed by atoms with van der Waals surface area (Å²) in [4.78, 5) is 0. The molecule has 1 aromatic carbocycles. The molecule has 0 aliphatic rings. The Bertz CT molecular complexity index is 297. The lowest BCUT2D eigenvalue weighted by molar-refractivity contribution is 0.232. The summed E-state index contributed by atoms with van der Waals surface area (Å²) in [5.74, 6) is 0.713. The fourth-order valence-electron chi connectivity index (χ4n) is 1.24. The van der Waals surface area contributed by atoms with Gasteiger partial charge in [0.1, 0.15) is 0 Å². The number of benzene rings is 1. The van der Waals surface area contributed by atoms with Gasteiger partial charge >= 0.3 is 0 Å². The van der Waals surface area contributed by atoms with Crippen molar-refractivity contribution in [1.82, 2.24) is 0 Å². The Labute approximate surface area is 84.5 Å². The van der Waals surface area contributed by atoms with Gasteiger partial charge in [0.15, 0.2) is 11.5 Å². The van der Waals surface area contributed by atoms with Gasteiger partial charge < -0.3 is 15.6 Å². The maximum atomic E-state index is 9.60. The first-order valence-corrected chi connectivity index (χ1v) is 4.82. The van der Waals surface area contributed by atoms with Crippen LogP contribution in [0.1, 0.15) is 19.4 Å². The number of rotatable bonds is 4. The SMILES string of the molecule is CC(C)Oc1ccc(CCN)cc1O. The Morgan fingerprint density at radius 2 is 2.14 bits per heavy atom. The van der Waals surface area contributed by atoms with E-state index in [0.29, 0.717) is 12.3 Å². The van der Waals surface area contributed by atoms with Crippen LogP contribution < -0.4 is 10.5 Å². The second-order valence-electron chi connectivity index (χ2n) is 3.51. The van der Waals surface area contributed by atoms with Crippen molar-refractivity contribution in [3.05, 3.63) is 23.8 Å². The molecular formula is C11H17NO2. The zero-order valence-corrected chi connectivity index (χ0v) is 8.66. The third kappa shape index (κ3) is 2.92. The van der Waals surface area contributed by atoms with Gasteiger partial charge in [-0.05, 0) is 44.5 Å². The summed E-state index contributed by atoms with van der Waals surface area (Å²) in [7, 11) is 0. The Morgan fingerprint density at radius 1 is 1.43 bits per heavy atom. The highest BCUT2D eigenvalue weighted by Gasteiger charge is 2.04. The largest absolute Gasteiger partial charge is 0.504 e. The lowest BCUT2D eigenvalue weighted by Gasteiger charge is -2.11. The van der Waals surface area contributed by atoms with Gasteiger partial charge in [0.25, 0.3) is 0 Å². The average Bonchev–Trinajstić information content (AvgIpc) is 2.10. The fourth-order valence-corrected chi connectivity index (χ4v) is 1.24. The van der Waals surface area contributed by atoms with Crippen LogP contribution in [0, 0.1) is 0 Å². The van der Waals surface area contributed by atoms with Gasteiger partial charge in [-0.25, -0.2) is 0 Å². The van der Waals surface area contributed by atoms with Crippen molar-refractivity contribution in [2.75, 3.05) is 6.54 Å². The van der Waals surface area contributed by atoms with Crippen LogP contribution in [-0.2, 0) is 6.42 Å². The molecule has 3 N–H and O–H groups in total. The van der Waals surface area contributed by atoms with E-state index < -0.39 is 0 Å². The fraction of sp³-hybridized carbons (Fsp3) is 0.455. The van der Waals surface area contributed by atoms with Crippen molar-refractivity contribution in [3.8, 4) is 11.5 Å². The number of hydrogen-bond donors (Lipinski definition) is 2. The molecule has 1 rings (SSSR count). The van der Waals surface area contributed by atoms with Gasteiger partial charge in [0, 0.05) is 0 Å². The molecule has 0 unspecified atom stereocenters. The molecule has 0 amide bonds. The minimum atomic E-state index is 0.0706. The molecule has 0 aromatic heterocycles. The molecule has 78 valence electrons. The van der Waals surface area contributed by atoms with Gasteiger partial charge in [-0.1, -0.05) is 6.07 Å². The zero-order chi connectivity index (χ0) is 10.6. The molecule has 1 aromatic rings. The van der Waals surface area contributed by atoms with Crippen molar-refractivity contribution in [3.63, 3.8) is 0 Å². The third-order valence-electron chi connectivity index (χ3n) is 1.82. The summed E-state index contributed by atoms with van der Waals surface area (Å²) in [6.45, 7) is 4.43. The predicted molar refractivity (Wildman–Crippen MR) is 56.6 cm³/mol. The van der Waals surface area contributed by atoms with Gasteiger partial charge in [-0.15, -0.1) is 0 Å². The van der Waals surface area contributed by atoms with Crippen molar-refractivity contribution in [1.29, 1.82) is 0 Å². The lowest BCUT2D eigenvalue weighted by atomic mass is 10.1. The van der Waals surface area contributed by atoms with Crippen molar-refractivity contribution < 1.29 is 9.84 Å². The van der Waals surface area contributed by atoms with Gasteiger partial charge in [-0.3, -0.25) is 0 Å². The molecule has 0 atom stereocenters. The summed E-state index contributed by atoms with van der Waals surface area (Å²) in [5, 5.41) is 9.60. The number of phenolic OH excluding ortho intramolecular Hbond substituents is 1. The number of hydrogen-bond acceptors (Lipinski definition) is 3. The highest BCUT2D eigenvalue weighted by Crippen LogP contribution is 2.27. The highest BCUT2D eigenvalue weighted by molar-refractivity contribution is 5.41. The normalized spacial score (nSPS) is 10.6. The van der Waals surface area contributed by atoms with E-state index in [2.05, 4.69) is 0 Å². The Hall–Kier alpha value is -1.22. The van der Waals surface area contributed by atoms with E-state index in [1.54, 1.807) is 12.1 Å². The van der Waals surface area contributed by atoms with Crippen LogP contribution in [0.3, 0.4) is 0 Å². The van der Waals surface area contributed by atoms with E-state index >= 15 is 0 Å². The molecule has 3 heteroatoms. The number of aromatic hydroxyl groups is 1. The maximum Gasteiger partial charge on any atom is 0.161 e. The van der Waals surface area contributed by atoms with Crippen LogP contribution in [0.5, 0.6) is 11.5 Å². The predicted octanol–water partition coefficient (Wildman–Crippen LogP) is 1.68. The Kier molecular flexibility index (Phi) is 3.77. The van der Waals surface area contributed by atoms with Crippen LogP contribution in [0.2, 0.25) is 0 Å². The van der Waals surface area contributed by atoms with Crippen LogP contribution in [-0.4, -0.2) is 17.8 Å². The molecule has 0 radical (unpaired) electrons. The number of ether oxygens (including phenoxy) is 1. The second kappa shape index (κ2) is 4.86. The second-order valence-corrected chi connectivity index (χ2v) is 3.51. The van der Waals surface area contributed by atoms with Crippen molar-refractivity contribution in [2.24, 2.45) is 5.73 Å². The molecule has 0 heterocycles. The molecule has 14 heavy (non-hydrogen) atoms. The number of nitrogens with two attached hydrogens (primary N) is 1. The summed E-state index contributed by atoms with van der Waals surface area (Å²) >= 11 is 0. The van der Waals surface area contributed by atoms with Gasteiger partial charge in [0.2, 0.25) is 0 Å². The van der Waals surface area contributed by atoms with E-state index in [1.807, 2.05) is 19.9 Å². The third-order valence-corrected chi connectivity index (χ3v) is 1.82. The van der Waals surface area contributed by atoms with Gasteiger partial charge in [0.05, 0.1) is 6.10 Å². The molecule has 0 fully saturated rings. The van der Waals surface area contributed by atoms with Crippen molar-refractivity contribution >= 4 is 0 Å². The molecule has 0 bridgehead atoms. The topological polar surface area (TPSA) is 55.5 Å². The lowest BCUT2D eigenvalue weighted by Crippen LogP contribution is -2.06. The van der Waals surface area contributed by atoms with E-state index in [1.165, 1.54) is 0 Å². The molecule has 0 spiro atoms. The summed E-state index contributed by atoms with van der Waals surface area (Å²) in [5.41, 5.74) is 6.45. The zero-order valence-electron chi connectivity index (χ0n) is 8.66. The molecule has 0 saturated heterocycles. The standard InChI is InChI=1S/C11H17NO2/c1-8(2)14-11-4-3-9(5-6-12)7-10(11)13/h3-4,7-8,13H,5-6,12H2,1-2H3. The first kappa shape index (κ1) is 10.9. The average molecular weight is 195 g/mol. The van der Waals surface area contributed by atoms with Crippen molar-refractivity contribution in [2.45, 2.75) is 26.4 Å².